The van der Waals surface area contributed by atoms with E-state index in [0.717, 1.165) is 5.56 Å². The molecule has 0 unspecified atom stereocenters. The van der Waals surface area contributed by atoms with Gasteiger partial charge in [0.15, 0.2) is 5.69 Å². The number of aromatic nitrogens is 2. The highest BCUT2D eigenvalue weighted by Crippen LogP contribution is 2.45. The number of aryl methyl sites for hydroxylation is 1. The molecule has 27 heavy (non-hydrogen) atoms. The van der Waals surface area contributed by atoms with Gasteiger partial charge in [0.2, 0.25) is 5.91 Å². The van der Waals surface area contributed by atoms with Crippen LogP contribution in [-0.4, -0.2) is 51.0 Å². The monoisotopic (exact) mass is 390 g/mol. The standard InChI is InChI=1S/C19H20ClFN4O2/c1-11(26)25-8-13-7-24(19(27)17-16(20)10-23(2)22-17)9-15(13)18(25)12-4-3-5-14(21)6-12/h3-6,10,13,15,18H,7-9H2,1-2H3/t13-,15-,18-/m1/s1. The number of hydrogen-bond acceptors (Lipinski definition) is 3. The molecule has 6 nitrogen and oxygen atoms in total. The van der Waals surface area contributed by atoms with Gasteiger partial charge in [0.05, 0.1) is 11.1 Å². The van der Waals surface area contributed by atoms with E-state index in [-0.39, 0.29) is 41.2 Å². The second-order valence-corrected chi connectivity index (χ2v) is 7.71. The summed E-state index contributed by atoms with van der Waals surface area (Å²) in [6, 6.07) is 6.12. The third kappa shape index (κ3) is 3.10. The number of carbonyl (C=O) groups is 2. The minimum absolute atomic E-state index is 0.0377. The van der Waals surface area contributed by atoms with Crippen LogP contribution in [0.2, 0.25) is 5.02 Å². The zero-order chi connectivity index (χ0) is 19.3. The first kappa shape index (κ1) is 18.0. The number of fused-ring (bicyclic) bond motifs is 1. The van der Waals surface area contributed by atoms with Crippen LogP contribution >= 0.6 is 11.6 Å². The summed E-state index contributed by atoms with van der Waals surface area (Å²) in [7, 11) is 1.71. The van der Waals surface area contributed by atoms with Crippen molar-refractivity contribution in [2.75, 3.05) is 19.6 Å². The molecule has 2 aliphatic heterocycles. The maximum Gasteiger partial charge on any atom is 0.275 e. The Balaban J connectivity index is 1.61. The fourth-order valence-electron chi connectivity index (χ4n) is 4.41. The van der Waals surface area contributed by atoms with Crippen molar-refractivity contribution in [1.29, 1.82) is 0 Å². The van der Waals surface area contributed by atoms with E-state index in [9.17, 15) is 14.0 Å². The maximum absolute atomic E-state index is 13.8. The van der Waals surface area contributed by atoms with Crippen LogP contribution in [0.25, 0.3) is 0 Å². The molecule has 4 rings (SSSR count). The predicted molar refractivity (Wildman–Crippen MR) is 97.6 cm³/mol. The van der Waals surface area contributed by atoms with Crippen LogP contribution in [0.4, 0.5) is 4.39 Å². The Labute approximate surface area is 161 Å². The zero-order valence-electron chi connectivity index (χ0n) is 15.1. The van der Waals surface area contributed by atoms with Gasteiger partial charge in [-0.05, 0) is 17.7 Å². The minimum Gasteiger partial charge on any atom is -0.336 e. The lowest BCUT2D eigenvalue weighted by atomic mass is 9.89. The van der Waals surface area contributed by atoms with Crippen molar-refractivity contribution < 1.29 is 14.0 Å². The van der Waals surface area contributed by atoms with Crippen molar-refractivity contribution in [2.24, 2.45) is 18.9 Å². The van der Waals surface area contributed by atoms with Crippen LogP contribution in [0.3, 0.4) is 0 Å². The van der Waals surface area contributed by atoms with Crippen molar-refractivity contribution in [2.45, 2.75) is 13.0 Å². The molecule has 3 atom stereocenters. The van der Waals surface area contributed by atoms with E-state index in [2.05, 4.69) is 5.10 Å². The molecule has 2 aliphatic rings. The van der Waals surface area contributed by atoms with Gasteiger partial charge in [-0.3, -0.25) is 14.3 Å². The summed E-state index contributed by atoms with van der Waals surface area (Å²) in [5.74, 6) is -0.368. The SMILES string of the molecule is CC(=O)N1C[C@H]2CN(C(=O)c3nn(C)cc3Cl)C[C@H]2[C@H]1c1cccc(F)c1. The molecule has 1 aromatic carbocycles. The van der Waals surface area contributed by atoms with Crippen LogP contribution in [0.5, 0.6) is 0 Å². The van der Waals surface area contributed by atoms with Crippen LogP contribution in [0.15, 0.2) is 30.5 Å². The van der Waals surface area contributed by atoms with Gasteiger partial charge in [-0.15, -0.1) is 0 Å². The van der Waals surface area contributed by atoms with Gasteiger partial charge < -0.3 is 9.80 Å². The normalized spacial score (nSPS) is 24.4. The largest absolute Gasteiger partial charge is 0.336 e. The van der Waals surface area contributed by atoms with E-state index in [1.807, 2.05) is 6.07 Å². The Morgan fingerprint density at radius 1 is 1.26 bits per heavy atom. The molecule has 2 saturated heterocycles. The van der Waals surface area contributed by atoms with Crippen molar-refractivity contribution in [1.82, 2.24) is 19.6 Å². The summed E-state index contributed by atoms with van der Waals surface area (Å²) >= 11 is 6.12. The lowest BCUT2D eigenvalue weighted by molar-refractivity contribution is -0.130. The molecule has 0 aliphatic carbocycles. The van der Waals surface area contributed by atoms with Crippen LogP contribution in [-0.2, 0) is 11.8 Å². The fraction of sp³-hybridized carbons (Fsp3) is 0.421. The first-order valence-corrected chi connectivity index (χ1v) is 9.24. The lowest BCUT2D eigenvalue weighted by Gasteiger charge is -2.29. The molecule has 8 heteroatoms. The minimum atomic E-state index is -0.328. The smallest absolute Gasteiger partial charge is 0.275 e. The van der Waals surface area contributed by atoms with Gasteiger partial charge in [-0.2, -0.15) is 5.10 Å². The molecule has 0 N–H and O–H groups in total. The molecule has 2 aromatic rings. The average molecular weight is 391 g/mol. The van der Waals surface area contributed by atoms with Gasteiger partial charge in [0.1, 0.15) is 5.82 Å². The Morgan fingerprint density at radius 2 is 2.04 bits per heavy atom. The first-order valence-electron chi connectivity index (χ1n) is 8.86. The van der Waals surface area contributed by atoms with Gasteiger partial charge >= 0.3 is 0 Å². The molecule has 0 saturated carbocycles. The highest BCUT2D eigenvalue weighted by atomic mass is 35.5. The Hall–Kier alpha value is -2.41. The topological polar surface area (TPSA) is 58.4 Å². The number of rotatable bonds is 2. The Bertz CT molecular complexity index is 915. The Kier molecular flexibility index (Phi) is 4.42. The van der Waals surface area contributed by atoms with E-state index in [1.54, 1.807) is 29.1 Å². The fourth-order valence-corrected chi connectivity index (χ4v) is 4.67. The lowest BCUT2D eigenvalue weighted by Crippen LogP contribution is -2.36. The van der Waals surface area contributed by atoms with Crippen molar-refractivity contribution in [3.63, 3.8) is 0 Å². The summed E-state index contributed by atoms with van der Waals surface area (Å²) in [6.07, 6.45) is 1.60. The molecule has 2 amide bonds. The molecular formula is C19H20ClFN4O2. The van der Waals surface area contributed by atoms with E-state index in [4.69, 9.17) is 11.6 Å². The third-order valence-corrected chi connectivity index (χ3v) is 5.81. The van der Waals surface area contributed by atoms with Crippen LogP contribution < -0.4 is 0 Å². The molecule has 2 fully saturated rings. The number of likely N-dealkylation sites (tertiary alicyclic amines) is 2. The number of hydrogen-bond donors (Lipinski definition) is 0. The molecule has 3 heterocycles. The molecule has 1 aromatic heterocycles. The summed E-state index contributed by atoms with van der Waals surface area (Å²) in [5.41, 5.74) is 1.01. The van der Waals surface area contributed by atoms with Crippen molar-refractivity contribution >= 4 is 23.4 Å². The number of nitrogens with zero attached hydrogens (tertiary/aromatic N) is 4. The van der Waals surface area contributed by atoms with Crippen molar-refractivity contribution in [3.8, 4) is 0 Å². The Morgan fingerprint density at radius 3 is 2.67 bits per heavy atom. The summed E-state index contributed by atoms with van der Waals surface area (Å²) in [6.45, 7) is 3.11. The van der Waals surface area contributed by atoms with Gasteiger partial charge in [0, 0.05) is 51.6 Å². The third-order valence-electron chi connectivity index (χ3n) is 5.53. The highest BCUT2D eigenvalue weighted by molar-refractivity contribution is 6.33. The molecule has 0 radical (unpaired) electrons. The number of carbonyl (C=O) groups excluding carboxylic acids is 2. The van der Waals surface area contributed by atoms with Crippen molar-refractivity contribution in [3.05, 3.63) is 52.6 Å². The second kappa shape index (κ2) is 6.64. The molecular weight excluding hydrogens is 371 g/mol. The maximum atomic E-state index is 13.8. The molecule has 142 valence electrons. The van der Waals surface area contributed by atoms with Gasteiger partial charge in [-0.25, -0.2) is 4.39 Å². The van der Waals surface area contributed by atoms with Crippen LogP contribution in [0.1, 0.15) is 29.0 Å². The predicted octanol–water partition coefficient (Wildman–Crippen LogP) is 2.50. The van der Waals surface area contributed by atoms with E-state index < -0.39 is 0 Å². The van der Waals surface area contributed by atoms with Crippen LogP contribution in [0, 0.1) is 17.7 Å². The van der Waals surface area contributed by atoms with E-state index >= 15 is 0 Å². The molecule has 0 bridgehead atoms. The zero-order valence-corrected chi connectivity index (χ0v) is 15.9. The summed E-state index contributed by atoms with van der Waals surface area (Å²) < 4.78 is 15.3. The summed E-state index contributed by atoms with van der Waals surface area (Å²) in [5, 5.41) is 4.49. The number of amides is 2. The number of benzene rings is 1. The highest BCUT2D eigenvalue weighted by Gasteiger charge is 2.49. The van der Waals surface area contributed by atoms with E-state index in [1.165, 1.54) is 23.7 Å². The summed E-state index contributed by atoms with van der Waals surface area (Å²) in [4.78, 5) is 28.5. The quantitative estimate of drug-likeness (QED) is 0.791. The van der Waals surface area contributed by atoms with Gasteiger partial charge in [0.25, 0.3) is 5.91 Å². The van der Waals surface area contributed by atoms with Gasteiger partial charge in [-0.1, -0.05) is 23.7 Å². The second-order valence-electron chi connectivity index (χ2n) is 7.30. The average Bonchev–Trinajstić information content (AvgIpc) is 3.25. The van der Waals surface area contributed by atoms with E-state index in [0.29, 0.717) is 24.7 Å². The molecule has 0 spiro atoms. The number of halogens is 2. The first-order chi connectivity index (χ1) is 12.8.